The van der Waals surface area contributed by atoms with Gasteiger partial charge in [0.15, 0.2) is 0 Å². The van der Waals surface area contributed by atoms with Crippen molar-refractivity contribution in [2.75, 3.05) is 32.8 Å². The molecule has 120 valence electrons. The summed E-state index contributed by atoms with van der Waals surface area (Å²) in [6, 6.07) is 6.48. The summed E-state index contributed by atoms with van der Waals surface area (Å²) in [5, 5.41) is 3.51. The zero-order valence-corrected chi connectivity index (χ0v) is 14.2. The highest BCUT2D eigenvalue weighted by atomic mass is 16.5. The Morgan fingerprint density at radius 3 is 2.52 bits per heavy atom. The summed E-state index contributed by atoms with van der Waals surface area (Å²) in [6.07, 6.45) is 0.912. The van der Waals surface area contributed by atoms with E-state index < -0.39 is 0 Å². The van der Waals surface area contributed by atoms with Crippen LogP contribution in [0.5, 0.6) is 5.75 Å². The minimum Gasteiger partial charge on any atom is -0.489 e. The second kappa shape index (κ2) is 8.25. The number of methoxy groups -OCH3 is 2. The van der Waals surface area contributed by atoms with Crippen LogP contribution in [-0.2, 0) is 9.47 Å². The van der Waals surface area contributed by atoms with Crippen molar-refractivity contribution in [1.29, 1.82) is 0 Å². The van der Waals surface area contributed by atoms with Crippen molar-refractivity contribution in [2.45, 2.75) is 45.8 Å². The second-order valence-corrected chi connectivity index (χ2v) is 6.05. The zero-order valence-electron chi connectivity index (χ0n) is 14.2. The van der Waals surface area contributed by atoms with E-state index in [4.69, 9.17) is 14.2 Å². The van der Waals surface area contributed by atoms with Crippen LogP contribution in [0.2, 0.25) is 0 Å². The monoisotopic (exact) mass is 295 g/mol. The van der Waals surface area contributed by atoms with E-state index in [0.717, 1.165) is 17.9 Å². The molecule has 0 aliphatic rings. The lowest BCUT2D eigenvalue weighted by Crippen LogP contribution is -2.31. The SMILES string of the molecule is COCCOc1cc(C)ccc1NC(C)CC(C)(C)OC. The number of nitrogens with one attached hydrogen (secondary N) is 1. The molecule has 0 heterocycles. The average Bonchev–Trinajstić information content (AvgIpc) is 2.41. The molecule has 1 N–H and O–H groups in total. The predicted molar refractivity (Wildman–Crippen MR) is 87.3 cm³/mol. The van der Waals surface area contributed by atoms with E-state index in [-0.39, 0.29) is 11.6 Å². The molecule has 0 aromatic heterocycles. The molecule has 0 saturated heterocycles. The Balaban J connectivity index is 2.72. The number of hydrogen-bond acceptors (Lipinski definition) is 4. The number of benzene rings is 1. The Kier molecular flexibility index (Phi) is 6.99. The molecule has 1 unspecified atom stereocenters. The van der Waals surface area contributed by atoms with Gasteiger partial charge in [0.25, 0.3) is 0 Å². The fraction of sp³-hybridized carbons (Fsp3) is 0.647. The molecule has 0 spiro atoms. The van der Waals surface area contributed by atoms with Crippen molar-refractivity contribution in [3.63, 3.8) is 0 Å². The maximum absolute atomic E-state index is 5.80. The van der Waals surface area contributed by atoms with Gasteiger partial charge in [-0.1, -0.05) is 6.07 Å². The summed E-state index contributed by atoms with van der Waals surface area (Å²) >= 11 is 0. The molecule has 0 saturated carbocycles. The average molecular weight is 295 g/mol. The van der Waals surface area contributed by atoms with Gasteiger partial charge in [0, 0.05) is 20.3 Å². The van der Waals surface area contributed by atoms with Gasteiger partial charge in [0.2, 0.25) is 0 Å². The highest BCUT2D eigenvalue weighted by Gasteiger charge is 2.20. The van der Waals surface area contributed by atoms with Crippen molar-refractivity contribution in [3.8, 4) is 5.75 Å². The molecule has 4 heteroatoms. The third kappa shape index (κ3) is 6.36. The fourth-order valence-corrected chi connectivity index (χ4v) is 2.24. The molecule has 0 aliphatic carbocycles. The van der Waals surface area contributed by atoms with Crippen LogP contribution in [0.15, 0.2) is 18.2 Å². The van der Waals surface area contributed by atoms with Crippen molar-refractivity contribution >= 4 is 5.69 Å². The molecule has 0 radical (unpaired) electrons. The molecule has 21 heavy (non-hydrogen) atoms. The Labute approximate surface area is 128 Å². The number of hydrogen-bond donors (Lipinski definition) is 1. The topological polar surface area (TPSA) is 39.7 Å². The minimum absolute atomic E-state index is 0.145. The van der Waals surface area contributed by atoms with E-state index >= 15 is 0 Å². The smallest absolute Gasteiger partial charge is 0.142 e. The van der Waals surface area contributed by atoms with Gasteiger partial charge in [0.1, 0.15) is 12.4 Å². The van der Waals surface area contributed by atoms with E-state index in [2.05, 4.69) is 45.1 Å². The lowest BCUT2D eigenvalue weighted by Gasteiger charge is -2.28. The number of rotatable bonds is 9. The summed E-state index contributed by atoms with van der Waals surface area (Å²) in [6.45, 7) is 9.53. The first-order chi connectivity index (χ1) is 9.88. The molecule has 1 aromatic carbocycles. The first kappa shape index (κ1) is 17.8. The maximum atomic E-state index is 5.80. The van der Waals surface area contributed by atoms with Crippen molar-refractivity contribution in [1.82, 2.24) is 0 Å². The van der Waals surface area contributed by atoms with E-state index in [9.17, 15) is 0 Å². The van der Waals surface area contributed by atoms with Crippen molar-refractivity contribution in [3.05, 3.63) is 23.8 Å². The Morgan fingerprint density at radius 1 is 1.19 bits per heavy atom. The zero-order chi connectivity index (χ0) is 15.9. The minimum atomic E-state index is -0.145. The van der Waals surface area contributed by atoms with Crippen LogP contribution in [0.4, 0.5) is 5.69 Å². The van der Waals surface area contributed by atoms with Crippen molar-refractivity contribution in [2.24, 2.45) is 0 Å². The summed E-state index contributed by atoms with van der Waals surface area (Å²) < 4.78 is 16.3. The van der Waals surface area contributed by atoms with Crippen LogP contribution in [0.1, 0.15) is 32.8 Å². The first-order valence-corrected chi connectivity index (χ1v) is 7.42. The summed E-state index contributed by atoms with van der Waals surface area (Å²) in [5.41, 5.74) is 2.04. The van der Waals surface area contributed by atoms with E-state index in [1.54, 1.807) is 14.2 Å². The fourth-order valence-electron chi connectivity index (χ4n) is 2.24. The van der Waals surface area contributed by atoms with Gasteiger partial charge in [-0.15, -0.1) is 0 Å². The molecular formula is C17H29NO3. The first-order valence-electron chi connectivity index (χ1n) is 7.42. The van der Waals surface area contributed by atoms with Crippen LogP contribution in [0.3, 0.4) is 0 Å². The highest BCUT2D eigenvalue weighted by Crippen LogP contribution is 2.28. The molecule has 1 aromatic rings. The summed E-state index contributed by atoms with van der Waals surface area (Å²) in [7, 11) is 3.42. The molecule has 4 nitrogen and oxygen atoms in total. The largest absolute Gasteiger partial charge is 0.489 e. The molecule has 1 atom stereocenters. The van der Waals surface area contributed by atoms with Crippen molar-refractivity contribution < 1.29 is 14.2 Å². The lowest BCUT2D eigenvalue weighted by atomic mass is 9.99. The van der Waals surface area contributed by atoms with Crippen LogP contribution in [0.25, 0.3) is 0 Å². The normalized spacial score (nSPS) is 13.0. The molecule has 0 fully saturated rings. The van der Waals surface area contributed by atoms with Gasteiger partial charge in [0.05, 0.1) is 17.9 Å². The molecular weight excluding hydrogens is 266 g/mol. The third-order valence-corrected chi connectivity index (χ3v) is 3.43. The van der Waals surface area contributed by atoms with Crippen LogP contribution < -0.4 is 10.1 Å². The number of ether oxygens (including phenoxy) is 3. The summed E-state index contributed by atoms with van der Waals surface area (Å²) in [4.78, 5) is 0. The van der Waals surface area contributed by atoms with Crippen LogP contribution in [0, 0.1) is 6.92 Å². The summed E-state index contributed by atoms with van der Waals surface area (Å²) in [5.74, 6) is 0.870. The predicted octanol–water partition coefficient (Wildman–Crippen LogP) is 3.64. The Hall–Kier alpha value is -1.26. The number of anilines is 1. The van der Waals surface area contributed by atoms with Gasteiger partial charge in [-0.3, -0.25) is 0 Å². The van der Waals surface area contributed by atoms with E-state index in [1.807, 2.05) is 6.07 Å². The molecule has 0 aliphatic heterocycles. The standard InChI is InChI=1S/C17H29NO3/c1-13-7-8-15(16(11-13)21-10-9-19-5)18-14(2)12-17(3,4)20-6/h7-8,11,14,18H,9-10,12H2,1-6H3. The second-order valence-electron chi connectivity index (χ2n) is 6.05. The molecule has 1 rings (SSSR count). The third-order valence-electron chi connectivity index (χ3n) is 3.43. The van der Waals surface area contributed by atoms with Gasteiger partial charge in [-0.2, -0.15) is 0 Å². The van der Waals surface area contributed by atoms with Gasteiger partial charge in [-0.25, -0.2) is 0 Å². The number of aryl methyl sites for hydroxylation is 1. The van der Waals surface area contributed by atoms with E-state index in [1.165, 1.54) is 5.56 Å². The molecule has 0 amide bonds. The highest BCUT2D eigenvalue weighted by molar-refractivity contribution is 5.58. The molecule has 0 bridgehead atoms. The quantitative estimate of drug-likeness (QED) is 0.706. The van der Waals surface area contributed by atoms with E-state index in [0.29, 0.717) is 13.2 Å². The van der Waals surface area contributed by atoms with Gasteiger partial charge < -0.3 is 19.5 Å². The maximum Gasteiger partial charge on any atom is 0.142 e. The van der Waals surface area contributed by atoms with Gasteiger partial charge in [-0.05, 0) is 51.8 Å². The van der Waals surface area contributed by atoms with Gasteiger partial charge >= 0.3 is 0 Å². The van der Waals surface area contributed by atoms with Crippen LogP contribution >= 0.6 is 0 Å². The lowest BCUT2D eigenvalue weighted by molar-refractivity contribution is 0.0128. The Bertz CT molecular complexity index is 432. The Morgan fingerprint density at radius 2 is 1.90 bits per heavy atom. The van der Waals surface area contributed by atoms with Crippen LogP contribution in [-0.4, -0.2) is 39.1 Å².